The Balaban J connectivity index is 0.00000178. The van der Waals surface area contributed by atoms with Crippen molar-refractivity contribution >= 4 is 34.2 Å². The van der Waals surface area contributed by atoms with Crippen molar-refractivity contribution in [1.29, 1.82) is 0 Å². The molecule has 0 aliphatic carbocycles. The van der Waals surface area contributed by atoms with Crippen molar-refractivity contribution in [3.63, 3.8) is 0 Å². The third kappa shape index (κ3) is 9.23. The fraction of sp³-hybridized carbons (Fsp3) is 0.600. The fourth-order valence-electron chi connectivity index (χ4n) is 1.94. The van der Waals surface area contributed by atoms with Gasteiger partial charge in [0.2, 0.25) is 0 Å². The van der Waals surface area contributed by atoms with E-state index < -0.39 is 0 Å². The molecule has 0 saturated heterocycles. The van der Waals surface area contributed by atoms with Crippen LogP contribution in [0.15, 0.2) is 36.9 Å². The van der Waals surface area contributed by atoms with Gasteiger partial charge in [0.15, 0.2) is 0 Å². The number of rotatable bonds is 9. The maximum atomic E-state index is 6.20. The lowest BCUT2D eigenvalue weighted by atomic mass is 9.62. The maximum absolute atomic E-state index is 6.20. The largest absolute Gasteiger partial charge is 0.428 e. The minimum atomic E-state index is -0.0376. The molecule has 142 valence electrons. The van der Waals surface area contributed by atoms with Gasteiger partial charge in [-0.2, -0.15) is 0 Å². The first-order valence-corrected chi connectivity index (χ1v) is 11.1. The zero-order chi connectivity index (χ0) is 19.5. The SMILES string of the molecule is C=CC(C)(C)C(C)OB(C)c1cccc(C(C)SSOC)c1.CCC. The minimum Gasteiger partial charge on any atom is -0.428 e. The molecular weight excluding hydrogens is 347 g/mol. The van der Waals surface area contributed by atoms with Gasteiger partial charge in [0.05, 0.1) is 18.2 Å². The highest BCUT2D eigenvalue weighted by molar-refractivity contribution is 8.74. The van der Waals surface area contributed by atoms with Crippen LogP contribution in [0.5, 0.6) is 0 Å². The quantitative estimate of drug-likeness (QED) is 0.208. The van der Waals surface area contributed by atoms with E-state index in [0.29, 0.717) is 5.25 Å². The molecule has 0 aromatic heterocycles. The van der Waals surface area contributed by atoms with Crippen molar-refractivity contribution in [2.75, 3.05) is 7.11 Å². The minimum absolute atomic E-state index is 0.0376. The van der Waals surface area contributed by atoms with Crippen molar-refractivity contribution < 1.29 is 8.84 Å². The van der Waals surface area contributed by atoms with Crippen molar-refractivity contribution in [2.24, 2.45) is 5.41 Å². The van der Waals surface area contributed by atoms with E-state index in [2.05, 4.69) is 79.2 Å². The number of hydrogen-bond acceptors (Lipinski definition) is 4. The molecule has 1 aromatic carbocycles. The lowest BCUT2D eigenvalue weighted by Crippen LogP contribution is -2.39. The van der Waals surface area contributed by atoms with E-state index in [1.54, 1.807) is 17.9 Å². The standard InChI is InChI=1S/C17H27BO2S2.C3H8/c1-8-17(4,5)14(3)20-18(6)16-11-9-10-15(12-16)13(2)21-22-19-7;1-3-2/h8-14H,1H2,2-7H3;3H2,1-2H3. The van der Waals surface area contributed by atoms with Gasteiger partial charge in [-0.05, 0) is 24.9 Å². The lowest BCUT2D eigenvalue weighted by Gasteiger charge is -2.30. The van der Waals surface area contributed by atoms with Crippen LogP contribution < -0.4 is 5.46 Å². The van der Waals surface area contributed by atoms with E-state index in [4.69, 9.17) is 8.84 Å². The molecule has 1 aromatic rings. The maximum Gasteiger partial charge on any atom is 0.323 e. The number of benzene rings is 1. The van der Waals surface area contributed by atoms with Crippen LogP contribution in [-0.2, 0) is 8.84 Å². The number of hydrogen-bond donors (Lipinski definition) is 0. The molecule has 0 N–H and O–H groups in total. The molecule has 5 heteroatoms. The van der Waals surface area contributed by atoms with Crippen LogP contribution in [0.3, 0.4) is 0 Å². The van der Waals surface area contributed by atoms with E-state index in [9.17, 15) is 0 Å². The smallest absolute Gasteiger partial charge is 0.323 e. The summed E-state index contributed by atoms with van der Waals surface area (Å²) in [4.78, 5) is 0. The molecule has 0 amide bonds. The highest BCUT2D eigenvalue weighted by atomic mass is 33.1. The Hall–Kier alpha value is -0.355. The predicted octanol–water partition coefficient (Wildman–Crippen LogP) is 6.55. The predicted molar refractivity (Wildman–Crippen MR) is 119 cm³/mol. The Kier molecular flexibility index (Phi) is 12.7. The first-order valence-electron chi connectivity index (χ1n) is 8.98. The summed E-state index contributed by atoms with van der Waals surface area (Å²) in [5, 5.41) is 0.374. The van der Waals surface area contributed by atoms with Crippen LogP contribution in [0, 0.1) is 5.41 Å². The molecular formula is C20H35BO2S2. The zero-order valence-corrected chi connectivity index (χ0v) is 18.8. The second-order valence-electron chi connectivity index (χ2n) is 6.80. The van der Waals surface area contributed by atoms with Crippen LogP contribution in [-0.4, -0.2) is 20.1 Å². The highest BCUT2D eigenvalue weighted by Gasteiger charge is 2.26. The van der Waals surface area contributed by atoms with Gasteiger partial charge in [-0.3, -0.25) is 0 Å². The van der Waals surface area contributed by atoms with Crippen molar-refractivity contribution in [3.05, 3.63) is 42.5 Å². The Morgan fingerprint density at radius 1 is 1.28 bits per heavy atom. The van der Waals surface area contributed by atoms with Gasteiger partial charge in [-0.15, -0.1) is 6.58 Å². The highest BCUT2D eigenvalue weighted by Crippen LogP contribution is 2.37. The molecule has 1 rings (SSSR count). The van der Waals surface area contributed by atoms with Crippen LogP contribution in [0.2, 0.25) is 6.82 Å². The first kappa shape index (κ1) is 24.6. The molecule has 0 bridgehead atoms. The molecule has 0 spiro atoms. The summed E-state index contributed by atoms with van der Waals surface area (Å²) in [6.45, 7) is 18.9. The molecule has 0 saturated carbocycles. The van der Waals surface area contributed by atoms with E-state index >= 15 is 0 Å². The van der Waals surface area contributed by atoms with Gasteiger partial charge in [0.1, 0.15) is 0 Å². The van der Waals surface area contributed by atoms with E-state index in [1.165, 1.54) is 28.5 Å². The first-order chi connectivity index (χ1) is 11.7. The summed E-state index contributed by atoms with van der Waals surface area (Å²) in [6.07, 6.45) is 3.32. The van der Waals surface area contributed by atoms with E-state index in [1.807, 2.05) is 6.08 Å². The van der Waals surface area contributed by atoms with Crippen LogP contribution >= 0.6 is 21.9 Å². The summed E-state index contributed by atoms with van der Waals surface area (Å²) in [5.41, 5.74) is 2.46. The summed E-state index contributed by atoms with van der Waals surface area (Å²) < 4.78 is 11.3. The molecule has 0 radical (unpaired) electrons. The summed E-state index contributed by atoms with van der Waals surface area (Å²) in [5.74, 6) is 0. The molecule has 2 atom stereocenters. The van der Waals surface area contributed by atoms with E-state index in [0.717, 1.165) is 0 Å². The molecule has 0 fully saturated rings. The van der Waals surface area contributed by atoms with E-state index in [-0.39, 0.29) is 18.4 Å². The Labute approximate surface area is 164 Å². The van der Waals surface area contributed by atoms with Crippen LogP contribution in [0.1, 0.15) is 58.8 Å². The van der Waals surface area contributed by atoms with Crippen molar-refractivity contribution in [1.82, 2.24) is 0 Å². The summed E-state index contributed by atoms with van der Waals surface area (Å²) >= 11 is 1.42. The van der Waals surface area contributed by atoms with Crippen molar-refractivity contribution in [2.45, 2.75) is 66.1 Å². The monoisotopic (exact) mass is 382 g/mol. The van der Waals surface area contributed by atoms with Gasteiger partial charge in [0.25, 0.3) is 0 Å². The lowest BCUT2D eigenvalue weighted by molar-refractivity contribution is 0.127. The normalized spacial score (nSPS) is 13.4. The Morgan fingerprint density at radius 3 is 2.40 bits per heavy atom. The van der Waals surface area contributed by atoms with Gasteiger partial charge < -0.3 is 8.84 Å². The van der Waals surface area contributed by atoms with Gasteiger partial charge >= 0.3 is 6.92 Å². The molecule has 0 aliphatic heterocycles. The average molecular weight is 382 g/mol. The molecule has 2 nitrogen and oxygen atoms in total. The zero-order valence-electron chi connectivity index (χ0n) is 17.2. The molecule has 0 heterocycles. The molecule has 0 aliphatic rings. The van der Waals surface area contributed by atoms with Gasteiger partial charge in [-0.1, -0.05) is 82.1 Å². The molecule has 25 heavy (non-hydrogen) atoms. The summed E-state index contributed by atoms with van der Waals surface area (Å²) in [7, 11) is 3.41. The third-order valence-corrected chi connectivity index (χ3v) is 6.37. The van der Waals surface area contributed by atoms with Crippen LogP contribution in [0.25, 0.3) is 0 Å². The third-order valence-electron chi connectivity index (χ3n) is 4.08. The summed E-state index contributed by atoms with van der Waals surface area (Å²) in [6, 6.07) is 8.61. The topological polar surface area (TPSA) is 18.5 Å². The van der Waals surface area contributed by atoms with Gasteiger partial charge in [0, 0.05) is 16.8 Å². The van der Waals surface area contributed by atoms with Crippen LogP contribution in [0.4, 0.5) is 0 Å². The van der Waals surface area contributed by atoms with Crippen molar-refractivity contribution in [3.8, 4) is 0 Å². The Morgan fingerprint density at radius 2 is 1.88 bits per heavy atom. The Bertz CT molecular complexity index is 494. The average Bonchev–Trinajstić information content (AvgIpc) is 2.60. The fourth-order valence-corrected chi connectivity index (χ4v) is 3.32. The second kappa shape index (κ2) is 12.9. The second-order valence-corrected chi connectivity index (χ2v) is 9.15. The van der Waals surface area contributed by atoms with Gasteiger partial charge in [-0.25, -0.2) is 0 Å². The molecule has 2 unspecified atom stereocenters.